The van der Waals surface area contributed by atoms with Crippen LogP contribution in [0.25, 0.3) is 0 Å². The normalized spacial score (nSPS) is 12.4. The van der Waals surface area contributed by atoms with Crippen molar-refractivity contribution in [2.45, 2.75) is 26.8 Å². The van der Waals surface area contributed by atoms with Gasteiger partial charge in [-0.15, -0.1) is 0 Å². The summed E-state index contributed by atoms with van der Waals surface area (Å²) in [5.74, 6) is 1.77. The third kappa shape index (κ3) is 2.41. The van der Waals surface area contributed by atoms with Gasteiger partial charge in [0.2, 0.25) is 0 Å². The molecule has 4 heteroatoms. The number of carbonyl (C=O) groups is 1. The van der Waals surface area contributed by atoms with E-state index in [4.69, 9.17) is 8.83 Å². The van der Waals surface area contributed by atoms with E-state index in [2.05, 4.69) is 5.32 Å². The van der Waals surface area contributed by atoms with Gasteiger partial charge in [-0.05, 0) is 39.0 Å². The number of hydrogen-bond donors (Lipinski definition) is 1. The van der Waals surface area contributed by atoms with Crippen LogP contribution in [0.3, 0.4) is 0 Å². The predicted octanol–water partition coefficient (Wildman–Crippen LogP) is 2.98. The molecule has 1 atom stereocenters. The van der Waals surface area contributed by atoms with Crippen LogP contribution in [-0.4, -0.2) is 5.91 Å². The van der Waals surface area contributed by atoms with Gasteiger partial charge in [0, 0.05) is 5.56 Å². The Labute approximate surface area is 99.6 Å². The molecule has 1 unspecified atom stereocenters. The largest absolute Gasteiger partial charge is 0.466 e. The second-order valence-corrected chi connectivity index (χ2v) is 4.04. The molecule has 4 nitrogen and oxygen atoms in total. The number of hydrogen-bond acceptors (Lipinski definition) is 3. The molecule has 17 heavy (non-hydrogen) atoms. The average molecular weight is 233 g/mol. The van der Waals surface area contributed by atoms with Crippen LogP contribution >= 0.6 is 0 Å². The van der Waals surface area contributed by atoms with Gasteiger partial charge >= 0.3 is 0 Å². The molecule has 90 valence electrons. The molecule has 0 spiro atoms. The van der Waals surface area contributed by atoms with E-state index in [0.29, 0.717) is 5.76 Å². The summed E-state index contributed by atoms with van der Waals surface area (Å²) in [6, 6.07) is 5.15. The van der Waals surface area contributed by atoms with Crippen molar-refractivity contribution in [3.63, 3.8) is 0 Å². The molecule has 0 saturated carbocycles. The maximum atomic E-state index is 11.8. The average Bonchev–Trinajstić information content (AvgIpc) is 2.87. The summed E-state index contributed by atoms with van der Waals surface area (Å²) in [6.07, 6.45) is 1.48. The van der Waals surface area contributed by atoms with Crippen LogP contribution in [0.15, 0.2) is 33.3 Å². The van der Waals surface area contributed by atoms with Crippen LogP contribution < -0.4 is 5.32 Å². The fraction of sp³-hybridized carbons (Fsp3) is 0.308. The SMILES string of the molecule is Cc1cc(C(C)NC(=O)c2ccco2)c(C)o1. The van der Waals surface area contributed by atoms with Crippen LogP contribution in [0.4, 0.5) is 0 Å². The van der Waals surface area contributed by atoms with Crippen molar-refractivity contribution in [3.8, 4) is 0 Å². The van der Waals surface area contributed by atoms with Crippen molar-refractivity contribution in [2.75, 3.05) is 0 Å². The summed E-state index contributed by atoms with van der Waals surface area (Å²) in [5, 5.41) is 2.86. The summed E-state index contributed by atoms with van der Waals surface area (Å²) in [5.41, 5.74) is 0.988. The molecule has 0 bridgehead atoms. The van der Waals surface area contributed by atoms with Crippen LogP contribution in [0.1, 0.15) is 40.6 Å². The third-order valence-corrected chi connectivity index (χ3v) is 2.64. The van der Waals surface area contributed by atoms with Crippen molar-refractivity contribution < 1.29 is 13.6 Å². The lowest BCUT2D eigenvalue weighted by atomic mass is 10.1. The molecule has 0 aliphatic heterocycles. The lowest BCUT2D eigenvalue weighted by Crippen LogP contribution is -2.26. The molecule has 0 aliphatic rings. The van der Waals surface area contributed by atoms with Gasteiger partial charge in [0.15, 0.2) is 5.76 Å². The first kappa shape index (κ1) is 11.5. The van der Waals surface area contributed by atoms with E-state index < -0.39 is 0 Å². The Bertz CT molecular complexity index is 511. The molecule has 2 aromatic heterocycles. The molecule has 1 N–H and O–H groups in total. The highest BCUT2D eigenvalue weighted by atomic mass is 16.3. The predicted molar refractivity (Wildman–Crippen MR) is 62.8 cm³/mol. The van der Waals surface area contributed by atoms with E-state index in [0.717, 1.165) is 17.1 Å². The number of carbonyl (C=O) groups excluding carboxylic acids is 1. The summed E-state index contributed by atoms with van der Waals surface area (Å²) in [7, 11) is 0. The molecule has 0 fully saturated rings. The maximum Gasteiger partial charge on any atom is 0.287 e. The Morgan fingerprint density at radius 1 is 1.41 bits per heavy atom. The van der Waals surface area contributed by atoms with E-state index in [1.165, 1.54) is 6.26 Å². The minimum atomic E-state index is -0.222. The first-order valence-corrected chi connectivity index (χ1v) is 5.49. The van der Waals surface area contributed by atoms with Gasteiger partial charge in [-0.3, -0.25) is 4.79 Å². The molecule has 0 aromatic carbocycles. The number of amides is 1. The smallest absolute Gasteiger partial charge is 0.287 e. The van der Waals surface area contributed by atoms with E-state index in [-0.39, 0.29) is 11.9 Å². The number of nitrogens with one attached hydrogen (secondary N) is 1. The van der Waals surface area contributed by atoms with Gasteiger partial charge in [-0.25, -0.2) is 0 Å². The Kier molecular flexibility index (Phi) is 3.04. The Morgan fingerprint density at radius 2 is 2.18 bits per heavy atom. The second-order valence-electron chi connectivity index (χ2n) is 4.04. The zero-order valence-corrected chi connectivity index (χ0v) is 10.1. The van der Waals surface area contributed by atoms with Gasteiger partial charge in [-0.1, -0.05) is 0 Å². The van der Waals surface area contributed by atoms with E-state index in [9.17, 15) is 4.79 Å². The highest BCUT2D eigenvalue weighted by Gasteiger charge is 2.17. The minimum Gasteiger partial charge on any atom is -0.466 e. The van der Waals surface area contributed by atoms with Crippen molar-refractivity contribution >= 4 is 5.91 Å². The molecular formula is C13H15NO3. The van der Waals surface area contributed by atoms with Gasteiger partial charge in [0.25, 0.3) is 5.91 Å². The summed E-state index contributed by atoms with van der Waals surface area (Å²) >= 11 is 0. The van der Waals surface area contributed by atoms with E-state index >= 15 is 0 Å². The fourth-order valence-corrected chi connectivity index (χ4v) is 1.83. The molecule has 2 aromatic rings. The number of furan rings is 2. The zero-order chi connectivity index (χ0) is 12.4. The van der Waals surface area contributed by atoms with Gasteiger partial charge < -0.3 is 14.2 Å². The molecule has 1 amide bonds. The van der Waals surface area contributed by atoms with E-state index in [1.807, 2.05) is 26.8 Å². The second kappa shape index (κ2) is 4.49. The maximum absolute atomic E-state index is 11.8. The fourth-order valence-electron chi connectivity index (χ4n) is 1.83. The summed E-state index contributed by atoms with van der Waals surface area (Å²) < 4.78 is 10.5. The van der Waals surface area contributed by atoms with Gasteiger partial charge in [0.05, 0.1) is 12.3 Å². The highest BCUT2D eigenvalue weighted by molar-refractivity contribution is 5.91. The topological polar surface area (TPSA) is 55.4 Å². The molecular weight excluding hydrogens is 218 g/mol. The Morgan fingerprint density at radius 3 is 2.71 bits per heavy atom. The minimum absolute atomic E-state index is 0.106. The quantitative estimate of drug-likeness (QED) is 0.886. The number of aryl methyl sites for hydroxylation is 2. The molecule has 2 heterocycles. The monoisotopic (exact) mass is 233 g/mol. The summed E-state index contributed by atoms with van der Waals surface area (Å²) in [6.45, 7) is 5.69. The molecule has 0 radical (unpaired) electrons. The van der Waals surface area contributed by atoms with Gasteiger partial charge in [0.1, 0.15) is 11.5 Å². The molecule has 2 rings (SSSR count). The van der Waals surface area contributed by atoms with Crippen molar-refractivity contribution in [3.05, 3.63) is 47.3 Å². The zero-order valence-electron chi connectivity index (χ0n) is 10.1. The number of rotatable bonds is 3. The Balaban J connectivity index is 2.09. The highest BCUT2D eigenvalue weighted by Crippen LogP contribution is 2.21. The van der Waals surface area contributed by atoms with Crippen molar-refractivity contribution in [1.82, 2.24) is 5.32 Å². The van der Waals surface area contributed by atoms with E-state index in [1.54, 1.807) is 12.1 Å². The lowest BCUT2D eigenvalue weighted by molar-refractivity contribution is 0.0911. The van der Waals surface area contributed by atoms with Crippen LogP contribution in [0.5, 0.6) is 0 Å². The van der Waals surface area contributed by atoms with Crippen LogP contribution in [0.2, 0.25) is 0 Å². The standard InChI is InChI=1S/C13H15NO3/c1-8-7-11(10(3)17-8)9(2)14-13(15)12-5-4-6-16-12/h4-7,9H,1-3H3,(H,14,15). The third-order valence-electron chi connectivity index (χ3n) is 2.64. The van der Waals surface area contributed by atoms with Crippen molar-refractivity contribution in [1.29, 1.82) is 0 Å². The lowest BCUT2D eigenvalue weighted by Gasteiger charge is -2.11. The first-order valence-electron chi connectivity index (χ1n) is 5.49. The van der Waals surface area contributed by atoms with Crippen molar-refractivity contribution in [2.24, 2.45) is 0 Å². The van der Waals surface area contributed by atoms with Crippen LogP contribution in [0, 0.1) is 13.8 Å². The van der Waals surface area contributed by atoms with Gasteiger partial charge in [-0.2, -0.15) is 0 Å². The first-order chi connectivity index (χ1) is 8.08. The molecule has 0 saturated heterocycles. The van der Waals surface area contributed by atoms with Crippen LogP contribution in [-0.2, 0) is 0 Å². The Hall–Kier alpha value is -1.97. The molecule has 0 aliphatic carbocycles. The summed E-state index contributed by atoms with van der Waals surface area (Å²) in [4.78, 5) is 11.8.